The van der Waals surface area contributed by atoms with Crippen LogP contribution in [-0.2, 0) is 10.0 Å². The summed E-state index contributed by atoms with van der Waals surface area (Å²) in [5, 5.41) is 10.7. The van der Waals surface area contributed by atoms with Gasteiger partial charge in [0.1, 0.15) is 0 Å². The van der Waals surface area contributed by atoms with Gasteiger partial charge in [-0.3, -0.25) is 14.8 Å². The summed E-state index contributed by atoms with van der Waals surface area (Å²) in [6, 6.07) is 10.2. The molecule has 0 bridgehead atoms. The van der Waals surface area contributed by atoms with Crippen LogP contribution in [0.1, 0.15) is 11.1 Å². The van der Waals surface area contributed by atoms with Crippen LogP contribution in [0.25, 0.3) is 0 Å². The second-order valence-corrected chi connectivity index (χ2v) is 6.36. The molecule has 0 heterocycles. The van der Waals surface area contributed by atoms with E-state index in [9.17, 15) is 18.5 Å². The molecule has 110 valence electrons. The van der Waals surface area contributed by atoms with E-state index in [-0.39, 0.29) is 10.6 Å². The summed E-state index contributed by atoms with van der Waals surface area (Å²) in [5.74, 6) is 0. The first-order valence-electron chi connectivity index (χ1n) is 6.14. The van der Waals surface area contributed by atoms with Crippen LogP contribution in [-0.4, -0.2) is 13.3 Å². The lowest BCUT2D eigenvalue weighted by Crippen LogP contribution is -2.14. The van der Waals surface area contributed by atoms with E-state index in [0.717, 1.165) is 17.2 Å². The van der Waals surface area contributed by atoms with E-state index in [1.165, 1.54) is 18.2 Å². The zero-order valence-electron chi connectivity index (χ0n) is 11.5. The lowest BCUT2D eigenvalue weighted by Gasteiger charge is -2.11. The summed E-state index contributed by atoms with van der Waals surface area (Å²) in [6.45, 7) is 3.70. The topological polar surface area (TPSA) is 89.3 Å². The Morgan fingerprint density at radius 3 is 2.43 bits per heavy atom. The largest absolute Gasteiger partial charge is 0.279 e. The molecule has 2 aromatic carbocycles. The minimum atomic E-state index is -3.86. The first kappa shape index (κ1) is 15.0. The zero-order valence-corrected chi connectivity index (χ0v) is 12.3. The Hall–Kier alpha value is -2.41. The summed E-state index contributed by atoms with van der Waals surface area (Å²) < 4.78 is 27.0. The van der Waals surface area contributed by atoms with Crippen molar-refractivity contribution in [3.63, 3.8) is 0 Å². The fraction of sp³-hybridized carbons (Fsp3) is 0.143. The van der Waals surface area contributed by atoms with Gasteiger partial charge in [0, 0.05) is 12.1 Å². The fourth-order valence-corrected chi connectivity index (χ4v) is 3.07. The van der Waals surface area contributed by atoms with Crippen molar-refractivity contribution in [2.45, 2.75) is 18.7 Å². The first-order chi connectivity index (χ1) is 9.79. The first-order valence-corrected chi connectivity index (χ1v) is 7.62. The van der Waals surface area contributed by atoms with Crippen molar-refractivity contribution >= 4 is 21.4 Å². The van der Waals surface area contributed by atoms with E-state index in [1.54, 1.807) is 19.1 Å². The second-order valence-electron chi connectivity index (χ2n) is 4.68. The molecule has 0 fully saturated rings. The molecule has 0 unspecified atom stereocenters. The molecule has 0 amide bonds. The number of nitro benzene ring substituents is 1. The number of rotatable bonds is 4. The van der Waals surface area contributed by atoms with Gasteiger partial charge >= 0.3 is 0 Å². The van der Waals surface area contributed by atoms with Gasteiger partial charge in [0.25, 0.3) is 15.7 Å². The molecule has 2 aromatic rings. The molecule has 0 aliphatic heterocycles. The molecule has 0 atom stereocenters. The molecule has 0 aromatic heterocycles. The highest BCUT2D eigenvalue weighted by molar-refractivity contribution is 7.92. The van der Waals surface area contributed by atoms with Gasteiger partial charge in [0.05, 0.1) is 15.5 Å². The Kier molecular flexibility index (Phi) is 3.95. The predicted molar refractivity (Wildman–Crippen MR) is 79.8 cm³/mol. The number of non-ortho nitro benzene ring substituents is 1. The maximum Gasteiger partial charge on any atom is 0.270 e. The fourth-order valence-electron chi connectivity index (χ4n) is 1.90. The Morgan fingerprint density at radius 1 is 1.10 bits per heavy atom. The minimum absolute atomic E-state index is 0.142. The van der Waals surface area contributed by atoms with E-state index in [1.807, 2.05) is 13.0 Å². The Labute approximate surface area is 122 Å². The van der Waals surface area contributed by atoms with Crippen molar-refractivity contribution in [2.75, 3.05) is 4.72 Å². The molecule has 0 saturated carbocycles. The van der Waals surface area contributed by atoms with Gasteiger partial charge in [-0.05, 0) is 31.5 Å². The van der Waals surface area contributed by atoms with E-state index in [0.29, 0.717) is 5.69 Å². The van der Waals surface area contributed by atoms with Crippen LogP contribution in [0.5, 0.6) is 0 Å². The van der Waals surface area contributed by atoms with Crippen LogP contribution in [0, 0.1) is 24.0 Å². The number of anilines is 1. The third-order valence-corrected chi connectivity index (χ3v) is 4.33. The Bertz CT molecular complexity index is 800. The molecule has 0 aliphatic rings. The van der Waals surface area contributed by atoms with E-state index in [2.05, 4.69) is 4.72 Å². The summed E-state index contributed by atoms with van der Waals surface area (Å²) in [5.41, 5.74) is 1.99. The Morgan fingerprint density at radius 2 is 1.81 bits per heavy atom. The van der Waals surface area contributed by atoms with Crippen molar-refractivity contribution in [1.82, 2.24) is 0 Å². The van der Waals surface area contributed by atoms with Gasteiger partial charge in [-0.15, -0.1) is 0 Å². The molecule has 2 rings (SSSR count). The third-order valence-electron chi connectivity index (χ3n) is 2.96. The van der Waals surface area contributed by atoms with Crippen molar-refractivity contribution in [1.29, 1.82) is 0 Å². The average molecular weight is 306 g/mol. The van der Waals surface area contributed by atoms with Crippen LogP contribution in [0.4, 0.5) is 11.4 Å². The van der Waals surface area contributed by atoms with Gasteiger partial charge in [-0.2, -0.15) is 0 Å². The van der Waals surface area contributed by atoms with Gasteiger partial charge in [-0.1, -0.05) is 23.8 Å². The number of hydrogen-bond donors (Lipinski definition) is 1. The summed E-state index contributed by atoms with van der Waals surface area (Å²) in [6.07, 6.45) is 0. The standard InChI is InChI=1S/C14H14N2O4S/c1-10-6-7-14(11(2)8-10)15-21(19,20)13-5-3-4-12(9-13)16(17)18/h3-9,15H,1-2H3. The normalized spacial score (nSPS) is 11.1. The number of sulfonamides is 1. The highest BCUT2D eigenvalue weighted by Crippen LogP contribution is 2.22. The van der Waals surface area contributed by atoms with Crippen LogP contribution < -0.4 is 4.72 Å². The summed E-state index contributed by atoms with van der Waals surface area (Å²) >= 11 is 0. The summed E-state index contributed by atoms with van der Waals surface area (Å²) in [7, 11) is -3.86. The van der Waals surface area contributed by atoms with Crippen molar-refractivity contribution in [3.05, 3.63) is 63.7 Å². The molecule has 6 nitrogen and oxygen atoms in total. The molecule has 21 heavy (non-hydrogen) atoms. The van der Waals surface area contributed by atoms with Gasteiger partial charge < -0.3 is 0 Å². The maximum atomic E-state index is 12.3. The quantitative estimate of drug-likeness (QED) is 0.694. The highest BCUT2D eigenvalue weighted by atomic mass is 32.2. The van der Waals surface area contributed by atoms with Crippen molar-refractivity contribution < 1.29 is 13.3 Å². The van der Waals surface area contributed by atoms with Crippen molar-refractivity contribution in [2.24, 2.45) is 0 Å². The van der Waals surface area contributed by atoms with Gasteiger partial charge in [-0.25, -0.2) is 8.42 Å². The SMILES string of the molecule is Cc1ccc(NS(=O)(=O)c2cccc([N+](=O)[O-])c2)c(C)c1. The van der Waals surface area contributed by atoms with Crippen LogP contribution in [0.3, 0.4) is 0 Å². The molecular weight excluding hydrogens is 292 g/mol. The molecule has 0 spiro atoms. The number of benzene rings is 2. The molecule has 1 N–H and O–H groups in total. The third kappa shape index (κ3) is 3.38. The lowest BCUT2D eigenvalue weighted by molar-refractivity contribution is -0.385. The van der Waals surface area contributed by atoms with Crippen LogP contribution >= 0.6 is 0 Å². The van der Waals surface area contributed by atoms with E-state index < -0.39 is 14.9 Å². The number of nitro groups is 1. The molecular formula is C14H14N2O4S. The minimum Gasteiger partial charge on any atom is -0.279 e. The number of nitrogens with zero attached hydrogens (tertiary/aromatic N) is 1. The monoisotopic (exact) mass is 306 g/mol. The molecule has 7 heteroatoms. The van der Waals surface area contributed by atoms with Gasteiger partial charge in [0.2, 0.25) is 0 Å². The molecule has 0 saturated heterocycles. The maximum absolute atomic E-state index is 12.3. The smallest absolute Gasteiger partial charge is 0.270 e. The predicted octanol–water partition coefficient (Wildman–Crippen LogP) is 3.01. The second kappa shape index (κ2) is 5.53. The van der Waals surface area contributed by atoms with E-state index in [4.69, 9.17) is 0 Å². The molecule has 0 aliphatic carbocycles. The molecule has 0 radical (unpaired) electrons. The zero-order chi connectivity index (χ0) is 15.6. The Balaban J connectivity index is 2.38. The average Bonchev–Trinajstić information content (AvgIpc) is 2.42. The lowest BCUT2D eigenvalue weighted by atomic mass is 10.1. The number of aryl methyl sites for hydroxylation is 2. The van der Waals surface area contributed by atoms with Crippen LogP contribution in [0.15, 0.2) is 47.4 Å². The van der Waals surface area contributed by atoms with Crippen molar-refractivity contribution in [3.8, 4) is 0 Å². The number of nitrogens with one attached hydrogen (secondary N) is 1. The van der Waals surface area contributed by atoms with E-state index >= 15 is 0 Å². The summed E-state index contributed by atoms with van der Waals surface area (Å²) in [4.78, 5) is 9.95. The van der Waals surface area contributed by atoms with Gasteiger partial charge in [0.15, 0.2) is 0 Å². The van der Waals surface area contributed by atoms with Crippen LogP contribution in [0.2, 0.25) is 0 Å². The highest BCUT2D eigenvalue weighted by Gasteiger charge is 2.18. The number of hydrogen-bond acceptors (Lipinski definition) is 4.